The number of fused-ring (bicyclic) bond motifs is 5. The molecule has 2 heterocycles. The van der Waals surface area contributed by atoms with Gasteiger partial charge in [-0.25, -0.2) is 4.90 Å². The lowest BCUT2D eigenvalue weighted by Crippen LogP contribution is -2.34. The summed E-state index contributed by atoms with van der Waals surface area (Å²) in [5.74, 6) is -1.01. The molecule has 1 saturated heterocycles. The largest absolute Gasteiger partial charge is 0.365 e. The van der Waals surface area contributed by atoms with Crippen LogP contribution < -0.4 is 10.6 Å². The highest BCUT2D eigenvalue weighted by Crippen LogP contribution is 2.61. The van der Waals surface area contributed by atoms with E-state index in [1.807, 2.05) is 13.8 Å². The average Bonchev–Trinajstić information content (AvgIpc) is 3.27. The Morgan fingerprint density at radius 3 is 2.12 bits per heavy atom. The standard InChI is InChI=1S/C20H24N2O3S/c1-5-10-9(4)26-20(16(10)17(21)23)22-18(24)14-11-6-7-12(13(11)8(2)3)15(14)19(22)25/h11-12,14-15H,5-7H2,1-4H3,(H2,21,23)/t11-,12+,14+,15-. The summed E-state index contributed by atoms with van der Waals surface area (Å²) < 4.78 is 0. The van der Waals surface area contributed by atoms with E-state index in [9.17, 15) is 14.4 Å². The van der Waals surface area contributed by atoms with E-state index in [2.05, 4.69) is 13.8 Å². The van der Waals surface area contributed by atoms with Crippen LogP contribution in [0.4, 0.5) is 5.00 Å². The molecule has 0 radical (unpaired) electrons. The molecule has 0 unspecified atom stereocenters. The van der Waals surface area contributed by atoms with Crippen molar-refractivity contribution < 1.29 is 14.4 Å². The average molecular weight is 372 g/mol. The van der Waals surface area contributed by atoms with Crippen LogP contribution in [0.1, 0.15) is 54.4 Å². The summed E-state index contributed by atoms with van der Waals surface area (Å²) in [5.41, 5.74) is 9.40. The van der Waals surface area contributed by atoms with Gasteiger partial charge in [-0.2, -0.15) is 0 Å². The molecule has 4 rings (SSSR count). The zero-order chi connectivity index (χ0) is 18.9. The molecule has 2 aliphatic carbocycles. The van der Waals surface area contributed by atoms with Gasteiger partial charge in [-0.05, 0) is 57.4 Å². The van der Waals surface area contributed by atoms with Gasteiger partial charge in [0.1, 0.15) is 5.00 Å². The molecule has 3 aliphatic rings. The van der Waals surface area contributed by atoms with Gasteiger partial charge in [0.25, 0.3) is 5.91 Å². The fourth-order valence-electron chi connectivity index (χ4n) is 5.59. The number of imide groups is 1. The van der Waals surface area contributed by atoms with Crippen LogP contribution in [0, 0.1) is 30.6 Å². The molecule has 5 nitrogen and oxygen atoms in total. The number of rotatable bonds is 3. The Morgan fingerprint density at radius 1 is 1.15 bits per heavy atom. The van der Waals surface area contributed by atoms with Gasteiger partial charge < -0.3 is 5.73 Å². The van der Waals surface area contributed by atoms with E-state index in [0.29, 0.717) is 17.0 Å². The Kier molecular flexibility index (Phi) is 3.88. The van der Waals surface area contributed by atoms with Crippen LogP contribution >= 0.6 is 11.3 Å². The molecule has 0 aromatic carbocycles. The van der Waals surface area contributed by atoms with Crippen LogP contribution in [-0.4, -0.2) is 17.7 Å². The van der Waals surface area contributed by atoms with Crippen molar-refractivity contribution in [3.63, 3.8) is 0 Å². The maximum Gasteiger partial charge on any atom is 0.252 e. The Hall–Kier alpha value is -1.95. The normalized spacial score (nSPS) is 29.7. The van der Waals surface area contributed by atoms with Crippen LogP contribution in [0.3, 0.4) is 0 Å². The number of primary amides is 1. The summed E-state index contributed by atoms with van der Waals surface area (Å²) in [6.07, 6.45) is 2.61. The van der Waals surface area contributed by atoms with E-state index in [1.165, 1.54) is 27.4 Å². The summed E-state index contributed by atoms with van der Waals surface area (Å²) in [4.78, 5) is 40.9. The molecule has 1 aromatic rings. The van der Waals surface area contributed by atoms with Crippen molar-refractivity contribution in [2.75, 3.05) is 4.90 Å². The Balaban J connectivity index is 1.82. The predicted octanol–water partition coefficient (Wildman–Crippen LogP) is 3.20. The van der Waals surface area contributed by atoms with Gasteiger partial charge in [-0.1, -0.05) is 18.1 Å². The first-order valence-electron chi connectivity index (χ1n) is 9.26. The van der Waals surface area contributed by atoms with Crippen LogP contribution in [0.2, 0.25) is 0 Å². The van der Waals surface area contributed by atoms with Crippen molar-refractivity contribution in [2.45, 2.75) is 47.0 Å². The number of carbonyl (C=O) groups excluding carboxylic acids is 3. The molecule has 2 bridgehead atoms. The zero-order valence-corrected chi connectivity index (χ0v) is 16.4. The minimum absolute atomic E-state index is 0.141. The number of anilines is 1. The monoisotopic (exact) mass is 372 g/mol. The van der Waals surface area contributed by atoms with Crippen molar-refractivity contribution in [3.05, 3.63) is 27.2 Å². The van der Waals surface area contributed by atoms with E-state index in [4.69, 9.17) is 5.73 Å². The quantitative estimate of drug-likeness (QED) is 0.653. The lowest BCUT2D eigenvalue weighted by molar-refractivity contribution is -0.122. The van der Waals surface area contributed by atoms with Gasteiger partial charge in [0.05, 0.1) is 17.4 Å². The molecule has 4 atom stereocenters. The van der Waals surface area contributed by atoms with Gasteiger partial charge in [0, 0.05) is 4.88 Å². The summed E-state index contributed by atoms with van der Waals surface area (Å²) in [6, 6.07) is 0. The number of allylic oxidation sites excluding steroid dienone is 2. The number of amides is 3. The number of thiophene rings is 1. The SMILES string of the molecule is CCc1c(C)sc(N2C(=O)[C@@H]3[C@H](C2=O)[C@H]2CC[C@@H]3C2=C(C)C)c1C(N)=O. The number of hydrogen-bond acceptors (Lipinski definition) is 4. The molecule has 3 fully saturated rings. The van der Waals surface area contributed by atoms with E-state index >= 15 is 0 Å². The molecule has 2 saturated carbocycles. The fraction of sp³-hybridized carbons (Fsp3) is 0.550. The van der Waals surface area contributed by atoms with Crippen molar-refractivity contribution >= 4 is 34.1 Å². The predicted molar refractivity (Wildman–Crippen MR) is 101 cm³/mol. The molecule has 26 heavy (non-hydrogen) atoms. The van der Waals surface area contributed by atoms with Gasteiger partial charge in [0.2, 0.25) is 11.8 Å². The first kappa shape index (κ1) is 17.5. The topological polar surface area (TPSA) is 80.5 Å². The smallest absolute Gasteiger partial charge is 0.252 e. The molecular formula is C20H24N2O3S. The second kappa shape index (κ2) is 5.78. The van der Waals surface area contributed by atoms with Crippen LogP contribution in [-0.2, 0) is 16.0 Å². The summed E-state index contributed by atoms with van der Waals surface area (Å²) in [6.45, 7) is 8.02. The second-order valence-electron chi connectivity index (χ2n) is 7.84. The number of nitrogens with two attached hydrogens (primary N) is 1. The third-order valence-corrected chi connectivity index (χ3v) is 7.56. The van der Waals surface area contributed by atoms with Crippen LogP contribution in [0.15, 0.2) is 11.1 Å². The Labute approximate surface area is 157 Å². The third kappa shape index (κ3) is 2.05. The van der Waals surface area contributed by atoms with Gasteiger partial charge in [-0.15, -0.1) is 11.3 Å². The molecule has 1 aliphatic heterocycles. The minimum atomic E-state index is -0.563. The van der Waals surface area contributed by atoms with E-state index in [1.54, 1.807) is 0 Å². The van der Waals surface area contributed by atoms with Gasteiger partial charge in [0.15, 0.2) is 0 Å². The summed E-state index contributed by atoms with van der Waals surface area (Å²) in [7, 11) is 0. The summed E-state index contributed by atoms with van der Waals surface area (Å²) in [5, 5.41) is 0.439. The zero-order valence-electron chi connectivity index (χ0n) is 15.6. The first-order chi connectivity index (χ1) is 12.3. The highest BCUT2D eigenvalue weighted by Gasteiger charge is 2.64. The molecule has 1 aromatic heterocycles. The molecule has 138 valence electrons. The number of carbonyl (C=O) groups is 3. The number of hydrogen-bond donors (Lipinski definition) is 1. The van der Waals surface area contributed by atoms with E-state index in [-0.39, 0.29) is 35.5 Å². The van der Waals surface area contributed by atoms with Crippen molar-refractivity contribution in [2.24, 2.45) is 29.4 Å². The maximum atomic E-state index is 13.3. The minimum Gasteiger partial charge on any atom is -0.365 e. The molecule has 3 amide bonds. The molecular weight excluding hydrogens is 348 g/mol. The lowest BCUT2D eigenvalue weighted by atomic mass is 9.81. The van der Waals surface area contributed by atoms with Crippen molar-refractivity contribution in [3.8, 4) is 0 Å². The summed E-state index contributed by atoms with van der Waals surface area (Å²) >= 11 is 1.34. The first-order valence-corrected chi connectivity index (χ1v) is 10.1. The van der Waals surface area contributed by atoms with Crippen LogP contribution in [0.5, 0.6) is 0 Å². The van der Waals surface area contributed by atoms with Crippen LogP contribution in [0.25, 0.3) is 0 Å². The second-order valence-corrected chi connectivity index (χ2v) is 9.05. The van der Waals surface area contributed by atoms with Crippen molar-refractivity contribution in [1.82, 2.24) is 0 Å². The lowest BCUT2D eigenvalue weighted by Gasteiger charge is -2.18. The third-order valence-electron chi connectivity index (χ3n) is 6.42. The van der Waals surface area contributed by atoms with Gasteiger partial charge in [-0.3, -0.25) is 14.4 Å². The highest BCUT2D eigenvalue weighted by molar-refractivity contribution is 7.17. The van der Waals surface area contributed by atoms with Crippen molar-refractivity contribution in [1.29, 1.82) is 0 Å². The molecule has 6 heteroatoms. The number of nitrogens with zero attached hydrogens (tertiary/aromatic N) is 1. The molecule has 2 N–H and O–H groups in total. The number of aryl methyl sites for hydroxylation is 1. The highest BCUT2D eigenvalue weighted by atomic mass is 32.1. The maximum absolute atomic E-state index is 13.3. The fourth-order valence-corrected chi connectivity index (χ4v) is 6.85. The van der Waals surface area contributed by atoms with E-state index in [0.717, 1.165) is 23.3 Å². The Bertz CT molecular complexity index is 846. The molecule has 0 spiro atoms. The Morgan fingerprint density at radius 2 is 1.69 bits per heavy atom. The van der Waals surface area contributed by atoms with E-state index < -0.39 is 5.91 Å². The van der Waals surface area contributed by atoms with Gasteiger partial charge >= 0.3 is 0 Å².